The molecule has 0 aromatic heterocycles. The number of methoxy groups -OCH3 is 2. The standard InChI is InChI=1S/C15H29NO5S.C11H21NO3/c1-5-21-14(17)15(8-11-20-4)6-9-16(10-7-15)22(18,19)12-13(2)3;1-3-15-10(13)11(6-9-14-2)4-7-12-8-5-11/h13H,5-12H2,1-4H3;12H,3-9H2,1-2H3. The number of nitrogens with one attached hydrogen (secondary N) is 1. The average molecular weight is 551 g/mol. The molecule has 11 heteroatoms. The molecule has 37 heavy (non-hydrogen) atoms. The van der Waals surface area contributed by atoms with Gasteiger partial charge in [0, 0.05) is 40.5 Å². The van der Waals surface area contributed by atoms with Crippen molar-refractivity contribution in [3.63, 3.8) is 0 Å². The van der Waals surface area contributed by atoms with Gasteiger partial charge in [-0.25, -0.2) is 12.7 Å². The van der Waals surface area contributed by atoms with E-state index in [4.69, 9.17) is 18.9 Å². The van der Waals surface area contributed by atoms with Crippen molar-refractivity contribution in [3.8, 4) is 0 Å². The van der Waals surface area contributed by atoms with Crippen LogP contribution in [0.3, 0.4) is 0 Å². The van der Waals surface area contributed by atoms with Gasteiger partial charge in [-0.1, -0.05) is 13.8 Å². The van der Waals surface area contributed by atoms with Crippen molar-refractivity contribution in [1.29, 1.82) is 0 Å². The summed E-state index contributed by atoms with van der Waals surface area (Å²) in [6.45, 7) is 11.8. The second kappa shape index (κ2) is 16.6. The Morgan fingerprint density at radius 2 is 1.27 bits per heavy atom. The number of ether oxygens (including phenoxy) is 4. The molecule has 0 saturated carbocycles. The molecule has 0 aliphatic carbocycles. The van der Waals surface area contributed by atoms with Gasteiger partial charge in [0.05, 0.1) is 29.8 Å². The van der Waals surface area contributed by atoms with Crippen molar-refractivity contribution in [2.75, 3.05) is 72.6 Å². The van der Waals surface area contributed by atoms with E-state index < -0.39 is 15.4 Å². The molecule has 0 spiro atoms. The summed E-state index contributed by atoms with van der Waals surface area (Å²) < 4.78 is 46.7. The second-order valence-corrected chi connectivity index (χ2v) is 12.3. The van der Waals surface area contributed by atoms with Crippen molar-refractivity contribution in [3.05, 3.63) is 0 Å². The fraction of sp³-hybridized carbons (Fsp3) is 0.923. The minimum absolute atomic E-state index is 0.0523. The maximum Gasteiger partial charge on any atom is 0.312 e. The summed E-state index contributed by atoms with van der Waals surface area (Å²) in [7, 11) is 0.0236. The van der Waals surface area contributed by atoms with E-state index in [1.54, 1.807) is 21.1 Å². The first-order valence-corrected chi connectivity index (χ1v) is 15.1. The summed E-state index contributed by atoms with van der Waals surface area (Å²) in [6, 6.07) is 0. The van der Waals surface area contributed by atoms with Crippen LogP contribution < -0.4 is 5.32 Å². The van der Waals surface area contributed by atoms with Crippen molar-refractivity contribution in [2.24, 2.45) is 16.7 Å². The smallest absolute Gasteiger partial charge is 0.312 e. The Hall–Kier alpha value is -1.27. The molecular weight excluding hydrogens is 500 g/mol. The molecule has 2 aliphatic heterocycles. The van der Waals surface area contributed by atoms with Crippen molar-refractivity contribution >= 4 is 22.0 Å². The van der Waals surface area contributed by atoms with Crippen LogP contribution >= 0.6 is 0 Å². The maximum absolute atomic E-state index is 12.3. The molecule has 1 N–H and O–H groups in total. The summed E-state index contributed by atoms with van der Waals surface area (Å²) in [5, 5.41) is 3.26. The lowest BCUT2D eigenvalue weighted by atomic mass is 9.76. The first kappa shape index (κ1) is 33.8. The zero-order valence-electron chi connectivity index (χ0n) is 23.8. The van der Waals surface area contributed by atoms with E-state index in [1.807, 2.05) is 20.8 Å². The molecule has 0 atom stereocenters. The van der Waals surface area contributed by atoms with Crippen LogP contribution in [0.2, 0.25) is 0 Å². The Labute approximate surface area is 224 Å². The molecule has 2 aliphatic rings. The molecule has 0 unspecified atom stereocenters. The SMILES string of the molecule is CCOC(=O)C1(CCOC)CCN(S(=O)(=O)CC(C)C)CC1.CCOC(=O)C1(CCOC)CCNCC1. The number of esters is 2. The van der Waals surface area contributed by atoms with Gasteiger partial charge >= 0.3 is 11.9 Å². The number of hydrogen-bond donors (Lipinski definition) is 1. The van der Waals surface area contributed by atoms with E-state index in [1.165, 1.54) is 4.31 Å². The third-order valence-corrected chi connectivity index (χ3v) is 9.40. The highest BCUT2D eigenvalue weighted by atomic mass is 32.2. The van der Waals surface area contributed by atoms with E-state index in [0.29, 0.717) is 58.8 Å². The molecule has 218 valence electrons. The summed E-state index contributed by atoms with van der Waals surface area (Å²) in [4.78, 5) is 24.2. The molecule has 2 saturated heterocycles. The van der Waals surface area contributed by atoms with Crippen molar-refractivity contribution in [1.82, 2.24) is 9.62 Å². The van der Waals surface area contributed by atoms with Gasteiger partial charge in [0.1, 0.15) is 0 Å². The summed E-state index contributed by atoms with van der Waals surface area (Å²) in [5.74, 6) is -0.0379. The van der Waals surface area contributed by atoms with Crippen LogP contribution in [0.25, 0.3) is 0 Å². The van der Waals surface area contributed by atoms with Crippen LogP contribution in [-0.2, 0) is 38.6 Å². The molecule has 0 aromatic carbocycles. The first-order chi connectivity index (χ1) is 17.5. The molecule has 2 rings (SSSR count). The fourth-order valence-electron chi connectivity index (χ4n) is 4.90. The number of piperidine rings is 2. The molecule has 0 bridgehead atoms. The lowest BCUT2D eigenvalue weighted by Crippen LogP contribution is -2.48. The highest BCUT2D eigenvalue weighted by molar-refractivity contribution is 7.89. The summed E-state index contributed by atoms with van der Waals surface area (Å²) in [5.41, 5.74) is -0.923. The Balaban J connectivity index is 0.000000397. The zero-order valence-corrected chi connectivity index (χ0v) is 24.6. The molecule has 2 fully saturated rings. The lowest BCUT2D eigenvalue weighted by Gasteiger charge is -2.39. The molecule has 0 amide bonds. The van der Waals surface area contributed by atoms with Gasteiger partial charge < -0.3 is 24.3 Å². The number of carbonyl (C=O) groups excluding carboxylic acids is 2. The molecule has 0 radical (unpaired) electrons. The van der Waals surface area contributed by atoms with Crippen molar-refractivity contribution in [2.45, 2.75) is 66.2 Å². The van der Waals surface area contributed by atoms with Gasteiger partial charge in [0.2, 0.25) is 10.0 Å². The minimum Gasteiger partial charge on any atom is -0.466 e. The Morgan fingerprint density at radius 1 is 0.838 bits per heavy atom. The van der Waals surface area contributed by atoms with E-state index in [2.05, 4.69) is 5.32 Å². The average Bonchev–Trinajstić information content (AvgIpc) is 2.87. The van der Waals surface area contributed by atoms with Crippen LogP contribution in [0.1, 0.15) is 66.2 Å². The monoisotopic (exact) mass is 550 g/mol. The van der Waals surface area contributed by atoms with E-state index in [9.17, 15) is 18.0 Å². The first-order valence-electron chi connectivity index (χ1n) is 13.5. The number of hydrogen-bond acceptors (Lipinski definition) is 9. The normalized spacial score (nSPS) is 19.5. The third kappa shape index (κ3) is 10.4. The van der Waals surface area contributed by atoms with Gasteiger partial charge in [0.15, 0.2) is 0 Å². The highest BCUT2D eigenvalue weighted by Crippen LogP contribution is 2.37. The van der Waals surface area contributed by atoms with Crippen LogP contribution in [0.4, 0.5) is 0 Å². The summed E-state index contributed by atoms with van der Waals surface area (Å²) >= 11 is 0. The molecular formula is C26H50N2O8S. The minimum atomic E-state index is -3.24. The van der Waals surface area contributed by atoms with Gasteiger partial charge in [-0.05, 0) is 71.4 Å². The third-order valence-electron chi connectivity index (χ3n) is 7.16. The number of rotatable bonds is 13. The topological polar surface area (TPSA) is 120 Å². The van der Waals surface area contributed by atoms with Crippen LogP contribution in [0.5, 0.6) is 0 Å². The highest BCUT2D eigenvalue weighted by Gasteiger charge is 2.44. The van der Waals surface area contributed by atoms with Gasteiger partial charge in [-0.3, -0.25) is 9.59 Å². The Morgan fingerprint density at radius 3 is 1.65 bits per heavy atom. The predicted molar refractivity (Wildman–Crippen MR) is 143 cm³/mol. The molecule has 2 heterocycles. The van der Waals surface area contributed by atoms with Crippen LogP contribution in [-0.4, -0.2) is 97.2 Å². The van der Waals surface area contributed by atoms with Gasteiger partial charge in [0.25, 0.3) is 0 Å². The van der Waals surface area contributed by atoms with Gasteiger partial charge in [-0.2, -0.15) is 0 Å². The maximum atomic E-state index is 12.3. The van der Waals surface area contributed by atoms with Crippen molar-refractivity contribution < 1.29 is 37.0 Å². The second-order valence-electron chi connectivity index (χ2n) is 10.3. The van der Waals surface area contributed by atoms with Crippen LogP contribution in [0.15, 0.2) is 0 Å². The molecule has 10 nitrogen and oxygen atoms in total. The quantitative estimate of drug-likeness (QED) is 0.345. The number of carbonyl (C=O) groups is 2. The van der Waals surface area contributed by atoms with Gasteiger partial charge in [-0.15, -0.1) is 0 Å². The fourth-order valence-corrected chi connectivity index (χ4v) is 6.69. The number of nitrogens with zero attached hydrogens (tertiary/aromatic N) is 1. The summed E-state index contributed by atoms with van der Waals surface area (Å²) in [6.07, 6.45) is 4.04. The predicted octanol–water partition coefficient (Wildman–Crippen LogP) is 2.61. The Kier molecular flexibility index (Phi) is 15.2. The van der Waals surface area contributed by atoms with E-state index in [-0.39, 0.29) is 29.0 Å². The van der Waals surface area contributed by atoms with Crippen LogP contribution in [0, 0.1) is 16.7 Å². The van der Waals surface area contributed by atoms with E-state index >= 15 is 0 Å². The zero-order chi connectivity index (χ0) is 28.0. The number of sulfonamides is 1. The lowest BCUT2D eigenvalue weighted by molar-refractivity contribution is -0.159. The van der Waals surface area contributed by atoms with E-state index in [0.717, 1.165) is 32.4 Å². The largest absolute Gasteiger partial charge is 0.466 e. The molecule has 0 aromatic rings. The Bertz CT molecular complexity index is 773.